The number of hydrogen-bond donors (Lipinski definition) is 3. The first-order valence-corrected chi connectivity index (χ1v) is 14.3. The molecule has 4 bridgehead atoms. The Hall–Kier alpha value is -4.28. The van der Waals surface area contributed by atoms with Crippen LogP contribution in [0.3, 0.4) is 0 Å². The van der Waals surface area contributed by atoms with Crippen LogP contribution in [0.4, 0.5) is 4.79 Å². The van der Waals surface area contributed by atoms with E-state index in [4.69, 9.17) is 18.9 Å². The minimum absolute atomic E-state index is 0.0280. The summed E-state index contributed by atoms with van der Waals surface area (Å²) >= 11 is 0. The van der Waals surface area contributed by atoms with Gasteiger partial charge in [-0.15, -0.1) is 0 Å². The molecule has 1 aliphatic heterocycles. The molecule has 0 saturated carbocycles. The summed E-state index contributed by atoms with van der Waals surface area (Å²) in [7, 11) is 4.35. The third-order valence-corrected chi connectivity index (χ3v) is 6.85. The molecule has 234 valence electrons. The molecule has 0 aromatic heterocycles. The highest BCUT2D eigenvalue weighted by atomic mass is 16.6. The van der Waals surface area contributed by atoms with Gasteiger partial charge in [-0.05, 0) is 68.5 Å². The van der Waals surface area contributed by atoms with Crippen molar-refractivity contribution in [2.24, 2.45) is 5.92 Å². The lowest BCUT2D eigenvalue weighted by atomic mass is 9.95. The third kappa shape index (κ3) is 9.10. The first-order chi connectivity index (χ1) is 20.2. The number of carbonyl (C=O) groups excluding carboxylic acids is 4. The molecule has 0 spiro atoms. The number of esters is 1. The molecule has 2 aromatic rings. The van der Waals surface area contributed by atoms with Gasteiger partial charge in [-0.1, -0.05) is 26.0 Å². The van der Waals surface area contributed by atoms with E-state index in [-0.39, 0.29) is 18.8 Å². The number of alkyl carbamates (subject to hydrolysis) is 1. The van der Waals surface area contributed by atoms with Crippen molar-refractivity contribution in [3.63, 3.8) is 0 Å². The molecule has 3 N–H and O–H groups in total. The quantitative estimate of drug-likeness (QED) is 0.430. The second-order valence-corrected chi connectivity index (χ2v) is 12.0. The lowest BCUT2D eigenvalue weighted by Crippen LogP contribution is -2.57. The number of benzene rings is 2. The van der Waals surface area contributed by atoms with Crippen molar-refractivity contribution >= 4 is 23.9 Å². The number of nitrogens with one attached hydrogen (secondary N) is 3. The standard InChI is InChI=1S/C32H43N3O8/c1-18(2)13-23-28(36)34-25(30(38)42-8)17-20-10-12-27(41-7)22(15-20)21-14-19(9-11-26(21)40-6)16-24(29(37)33-23)35-31(39)43-32(3,4)5/h9-12,14-15,18,23-25H,13,16-17H2,1-8H3,(H,33,37)(H,34,36)(H,35,39)/t23-,24-,25-/m0/s1. The van der Waals surface area contributed by atoms with Crippen molar-refractivity contribution in [1.29, 1.82) is 0 Å². The maximum Gasteiger partial charge on any atom is 0.408 e. The summed E-state index contributed by atoms with van der Waals surface area (Å²) in [6.07, 6.45) is -0.262. The van der Waals surface area contributed by atoms with Gasteiger partial charge in [0.2, 0.25) is 11.8 Å². The van der Waals surface area contributed by atoms with E-state index >= 15 is 0 Å². The molecule has 3 atom stereocenters. The summed E-state index contributed by atoms with van der Waals surface area (Å²) in [4.78, 5) is 52.9. The van der Waals surface area contributed by atoms with E-state index in [1.807, 2.05) is 32.0 Å². The van der Waals surface area contributed by atoms with Gasteiger partial charge in [-0.3, -0.25) is 9.59 Å². The molecule has 0 radical (unpaired) electrons. The summed E-state index contributed by atoms with van der Waals surface area (Å²) in [5.41, 5.74) is 2.02. The monoisotopic (exact) mass is 597 g/mol. The summed E-state index contributed by atoms with van der Waals surface area (Å²) in [5, 5.41) is 8.24. The molecule has 0 aliphatic carbocycles. The lowest BCUT2D eigenvalue weighted by Gasteiger charge is -2.27. The number of ether oxygens (including phenoxy) is 4. The molecular formula is C32H43N3O8. The molecule has 3 rings (SSSR count). The largest absolute Gasteiger partial charge is 0.496 e. The third-order valence-electron chi connectivity index (χ3n) is 6.85. The number of amides is 3. The van der Waals surface area contributed by atoms with E-state index < -0.39 is 47.6 Å². The number of carbonyl (C=O) groups is 4. The number of hydrogen-bond acceptors (Lipinski definition) is 8. The van der Waals surface area contributed by atoms with Crippen LogP contribution < -0.4 is 25.4 Å². The van der Waals surface area contributed by atoms with E-state index in [1.54, 1.807) is 53.2 Å². The fourth-order valence-corrected chi connectivity index (χ4v) is 4.90. The minimum atomic E-state index is -1.09. The van der Waals surface area contributed by atoms with E-state index in [1.165, 1.54) is 7.11 Å². The van der Waals surface area contributed by atoms with Gasteiger partial charge in [0.25, 0.3) is 0 Å². The Morgan fingerprint density at radius 1 is 0.884 bits per heavy atom. The maximum absolute atomic E-state index is 13.7. The predicted molar refractivity (Wildman–Crippen MR) is 161 cm³/mol. The molecule has 0 fully saturated rings. The molecule has 3 amide bonds. The van der Waals surface area contributed by atoms with Gasteiger partial charge < -0.3 is 34.9 Å². The van der Waals surface area contributed by atoms with Gasteiger partial charge in [0.1, 0.15) is 35.2 Å². The van der Waals surface area contributed by atoms with E-state index in [9.17, 15) is 19.2 Å². The fourth-order valence-electron chi connectivity index (χ4n) is 4.90. The van der Waals surface area contributed by atoms with Gasteiger partial charge in [-0.25, -0.2) is 9.59 Å². The first-order valence-electron chi connectivity index (χ1n) is 14.3. The number of rotatable bonds is 6. The van der Waals surface area contributed by atoms with Crippen LogP contribution in [0.15, 0.2) is 36.4 Å². The van der Waals surface area contributed by atoms with Crippen molar-refractivity contribution < 1.29 is 38.1 Å². The topological polar surface area (TPSA) is 141 Å². The molecule has 1 aliphatic rings. The molecular weight excluding hydrogens is 554 g/mol. The second kappa shape index (κ2) is 14.3. The van der Waals surface area contributed by atoms with Crippen LogP contribution in [-0.2, 0) is 36.7 Å². The van der Waals surface area contributed by atoms with Crippen LogP contribution in [0.2, 0.25) is 0 Å². The zero-order chi connectivity index (χ0) is 31.9. The summed E-state index contributed by atoms with van der Waals surface area (Å²) in [6.45, 7) is 9.01. The van der Waals surface area contributed by atoms with Crippen LogP contribution in [0, 0.1) is 5.92 Å². The zero-order valence-corrected chi connectivity index (χ0v) is 26.2. The number of fused-ring (bicyclic) bond motifs is 5. The molecule has 11 nitrogen and oxygen atoms in total. The molecule has 11 heteroatoms. The Bertz CT molecular complexity index is 1330. The Balaban J connectivity index is 2.20. The highest BCUT2D eigenvalue weighted by Gasteiger charge is 2.32. The van der Waals surface area contributed by atoms with E-state index in [0.29, 0.717) is 34.6 Å². The van der Waals surface area contributed by atoms with Crippen molar-refractivity contribution in [2.45, 2.75) is 77.6 Å². The molecule has 43 heavy (non-hydrogen) atoms. The highest BCUT2D eigenvalue weighted by molar-refractivity contribution is 5.93. The Kier molecular flexibility index (Phi) is 11.0. The SMILES string of the molecule is COC(=O)[C@@H]1Cc2ccc(OC)c(c2)-c2cc(ccc2OC)C[C@H](NC(=O)OC(C)(C)C)C(=O)N[C@@H](CC(C)C)C(=O)N1. The van der Waals surface area contributed by atoms with Gasteiger partial charge in [0.15, 0.2) is 0 Å². The van der Waals surface area contributed by atoms with Crippen LogP contribution in [0.1, 0.15) is 52.2 Å². The second-order valence-electron chi connectivity index (χ2n) is 12.0. The van der Waals surface area contributed by atoms with Crippen molar-refractivity contribution in [3.05, 3.63) is 47.5 Å². The van der Waals surface area contributed by atoms with E-state index in [2.05, 4.69) is 16.0 Å². The summed E-state index contributed by atoms with van der Waals surface area (Å²) < 4.78 is 21.8. The zero-order valence-electron chi connectivity index (χ0n) is 26.2. The fraction of sp³-hybridized carbons (Fsp3) is 0.500. The van der Waals surface area contributed by atoms with Crippen molar-refractivity contribution in [1.82, 2.24) is 16.0 Å². The van der Waals surface area contributed by atoms with Crippen molar-refractivity contribution in [2.75, 3.05) is 21.3 Å². The molecule has 2 aromatic carbocycles. The van der Waals surface area contributed by atoms with Gasteiger partial charge in [0, 0.05) is 24.0 Å². The number of methoxy groups -OCH3 is 3. The van der Waals surface area contributed by atoms with E-state index in [0.717, 1.165) is 5.56 Å². The van der Waals surface area contributed by atoms with Gasteiger partial charge >= 0.3 is 12.1 Å². The van der Waals surface area contributed by atoms with Gasteiger partial charge in [-0.2, -0.15) is 0 Å². The minimum Gasteiger partial charge on any atom is -0.496 e. The summed E-state index contributed by atoms with van der Waals surface area (Å²) in [6, 6.07) is 7.81. The van der Waals surface area contributed by atoms with Crippen LogP contribution >= 0.6 is 0 Å². The lowest BCUT2D eigenvalue weighted by molar-refractivity contribution is -0.145. The Morgan fingerprint density at radius 3 is 1.93 bits per heavy atom. The Labute approximate surface area is 253 Å². The van der Waals surface area contributed by atoms with Crippen LogP contribution in [0.25, 0.3) is 11.1 Å². The average molecular weight is 598 g/mol. The van der Waals surface area contributed by atoms with Crippen LogP contribution in [0.5, 0.6) is 11.5 Å². The normalized spacial score (nSPS) is 19.2. The van der Waals surface area contributed by atoms with Gasteiger partial charge in [0.05, 0.1) is 21.3 Å². The highest BCUT2D eigenvalue weighted by Crippen LogP contribution is 2.38. The average Bonchev–Trinajstić information content (AvgIpc) is 2.93. The van der Waals surface area contributed by atoms with Crippen LogP contribution in [-0.4, -0.2) is 68.9 Å². The first kappa shape index (κ1) is 33.2. The smallest absolute Gasteiger partial charge is 0.408 e. The molecule has 0 unspecified atom stereocenters. The summed E-state index contributed by atoms with van der Waals surface area (Å²) in [5.74, 6) is -0.611. The molecule has 0 saturated heterocycles. The van der Waals surface area contributed by atoms with Crippen molar-refractivity contribution in [3.8, 4) is 22.6 Å². The maximum atomic E-state index is 13.7. The predicted octanol–water partition coefficient (Wildman–Crippen LogP) is 3.55. The molecule has 1 heterocycles. The Morgan fingerprint density at radius 2 is 1.44 bits per heavy atom.